The Morgan fingerprint density at radius 1 is 1.50 bits per heavy atom. The predicted molar refractivity (Wildman–Crippen MR) is 78.5 cm³/mol. The van der Waals surface area contributed by atoms with Crippen molar-refractivity contribution in [1.82, 2.24) is 14.8 Å². The van der Waals surface area contributed by atoms with E-state index in [0.717, 1.165) is 19.4 Å². The van der Waals surface area contributed by atoms with Gasteiger partial charge < -0.3 is 29.4 Å². The van der Waals surface area contributed by atoms with Crippen LogP contribution in [0.2, 0.25) is 0 Å². The third kappa shape index (κ3) is 1.92. The molecule has 0 saturated carbocycles. The second-order valence-electron chi connectivity index (χ2n) is 5.99. The molecule has 8 nitrogen and oxygen atoms in total. The molecule has 4 rings (SSSR count). The molecule has 9 heteroatoms. The van der Waals surface area contributed by atoms with Gasteiger partial charge in [-0.1, -0.05) is 6.57 Å². The van der Waals surface area contributed by atoms with Crippen molar-refractivity contribution in [1.29, 1.82) is 0 Å². The van der Waals surface area contributed by atoms with Gasteiger partial charge in [0.15, 0.2) is 5.69 Å². The number of nitrogens with zero attached hydrogens (tertiary/aromatic N) is 4. The zero-order valence-electron chi connectivity index (χ0n) is 12.3. The Hall–Kier alpha value is -1.73. The number of nitrogen functional groups attached to an aromatic ring is 1. The average Bonchev–Trinajstić information content (AvgIpc) is 3.18. The van der Waals surface area contributed by atoms with Gasteiger partial charge in [0, 0.05) is 12.7 Å². The minimum Gasteiger partial charge on any atom is -0.529 e. The topological polar surface area (TPSA) is 87.1 Å². The average molecular weight is 302 g/mol. The third-order valence-corrected chi connectivity index (χ3v) is 4.66. The molecule has 0 amide bonds. The first-order chi connectivity index (χ1) is 10.6. The van der Waals surface area contributed by atoms with Gasteiger partial charge in [-0.05, 0) is 32.4 Å². The molecule has 0 aliphatic carbocycles. The molecule has 0 radical (unpaired) electrons. The van der Waals surface area contributed by atoms with Gasteiger partial charge in [-0.25, -0.2) is 4.98 Å². The molecule has 0 aromatic carbocycles. The zero-order valence-corrected chi connectivity index (χ0v) is 12.3. The third-order valence-electron chi connectivity index (χ3n) is 4.66. The quantitative estimate of drug-likeness (QED) is 0.612. The molecule has 3 aliphatic rings. The van der Waals surface area contributed by atoms with Crippen molar-refractivity contribution < 1.29 is 14.0 Å². The van der Waals surface area contributed by atoms with E-state index in [2.05, 4.69) is 19.6 Å². The molecular weight excluding hydrogens is 285 g/mol. The van der Waals surface area contributed by atoms with E-state index in [1.165, 1.54) is 0 Å². The van der Waals surface area contributed by atoms with Crippen molar-refractivity contribution in [3.05, 3.63) is 23.3 Å². The summed E-state index contributed by atoms with van der Waals surface area (Å²) in [6.45, 7) is 8.71. The van der Waals surface area contributed by atoms with E-state index >= 15 is 0 Å². The van der Waals surface area contributed by atoms with E-state index in [1.54, 1.807) is 6.20 Å². The Labute approximate surface area is 128 Å². The van der Waals surface area contributed by atoms with Crippen molar-refractivity contribution in [2.24, 2.45) is 0 Å². The van der Waals surface area contributed by atoms with Gasteiger partial charge in [-0.3, -0.25) is 0 Å². The lowest BCUT2D eigenvalue weighted by Crippen LogP contribution is -2.53. The highest BCUT2D eigenvalue weighted by atomic mass is 16.8. The van der Waals surface area contributed by atoms with E-state index in [1.807, 2.05) is 6.92 Å². The summed E-state index contributed by atoms with van der Waals surface area (Å²) in [6, 6.07) is 0.377. The first kappa shape index (κ1) is 13.9. The molecule has 1 spiro atoms. The number of fused-ring (bicyclic) bond motifs is 2. The van der Waals surface area contributed by atoms with Gasteiger partial charge >= 0.3 is 12.7 Å². The minimum atomic E-state index is -1.87. The number of nitrogens with two attached hydrogens (primary N) is 1. The molecule has 3 saturated heterocycles. The van der Waals surface area contributed by atoms with Crippen LogP contribution < -0.4 is 5.73 Å². The van der Waals surface area contributed by atoms with Crippen LogP contribution in [0.1, 0.15) is 31.6 Å². The van der Waals surface area contributed by atoms with Crippen LogP contribution in [0.4, 0.5) is 11.6 Å². The van der Waals surface area contributed by atoms with Crippen molar-refractivity contribution in [2.45, 2.75) is 38.0 Å². The zero-order chi connectivity index (χ0) is 15.3. The number of hydrogen-bond acceptors (Lipinski definition) is 7. The largest absolute Gasteiger partial charge is 0.529 e. The predicted octanol–water partition coefficient (Wildman–Crippen LogP) is 1.02. The Morgan fingerprint density at radius 3 is 3.18 bits per heavy atom. The summed E-state index contributed by atoms with van der Waals surface area (Å²) < 4.78 is 18.1. The fourth-order valence-corrected chi connectivity index (χ4v) is 3.62. The maximum atomic E-state index is 7.10. The van der Waals surface area contributed by atoms with E-state index in [-0.39, 0.29) is 17.7 Å². The maximum absolute atomic E-state index is 7.10. The second kappa shape index (κ2) is 4.89. The van der Waals surface area contributed by atoms with Crippen LogP contribution in [0, 0.1) is 6.57 Å². The number of hydrogen-bond donors (Lipinski definition) is 1. The van der Waals surface area contributed by atoms with Crippen LogP contribution in [-0.2, 0) is 14.0 Å². The molecule has 22 heavy (non-hydrogen) atoms. The summed E-state index contributed by atoms with van der Waals surface area (Å²) in [6.07, 6.45) is 3.15. The molecule has 116 valence electrons. The van der Waals surface area contributed by atoms with Crippen LogP contribution in [0.3, 0.4) is 0 Å². The van der Waals surface area contributed by atoms with Gasteiger partial charge in [0.1, 0.15) is 11.9 Å². The lowest BCUT2D eigenvalue weighted by Gasteiger charge is -2.38. The fraction of sp³-hybridized carbons (Fsp3) is 0.615. The summed E-state index contributed by atoms with van der Waals surface area (Å²) in [4.78, 5) is 13.8. The molecule has 4 heterocycles. The Kier molecular flexibility index (Phi) is 3.09. The monoisotopic (exact) mass is 302 g/mol. The standard InChI is InChI=1S/C13H17BN5O3/c1-8-11(10-6-17-12(15)13(16-2)18-10)22-14(21-8)19-5-3-4-9(19)7-20-14/h6,8-9,11H,3-5,7H2,1H3,(H2,15,17)/q-1/t8-,9-,11-,14?/m0/s1. The Bertz CT molecular complexity index is 653. The summed E-state index contributed by atoms with van der Waals surface area (Å²) in [5, 5.41) is 0. The van der Waals surface area contributed by atoms with E-state index in [0.29, 0.717) is 18.3 Å². The van der Waals surface area contributed by atoms with E-state index in [9.17, 15) is 0 Å². The summed E-state index contributed by atoms with van der Waals surface area (Å²) in [5.74, 6) is 0.218. The summed E-state index contributed by atoms with van der Waals surface area (Å²) in [5.41, 5.74) is 6.18. The van der Waals surface area contributed by atoms with Gasteiger partial charge in [0.25, 0.3) is 0 Å². The fourth-order valence-electron chi connectivity index (χ4n) is 3.62. The molecule has 2 N–H and O–H groups in total. The van der Waals surface area contributed by atoms with Crippen molar-refractivity contribution in [3.63, 3.8) is 0 Å². The molecule has 1 unspecified atom stereocenters. The first-order valence-electron chi connectivity index (χ1n) is 7.52. The van der Waals surface area contributed by atoms with Crippen LogP contribution in [0.25, 0.3) is 4.85 Å². The normalized spacial score (nSPS) is 37.5. The van der Waals surface area contributed by atoms with E-state index in [4.69, 9.17) is 26.3 Å². The molecule has 1 aromatic heterocycles. The number of anilines is 1. The van der Waals surface area contributed by atoms with E-state index < -0.39 is 13.0 Å². The highest BCUT2D eigenvalue weighted by Gasteiger charge is 2.55. The molecule has 1 aromatic rings. The van der Waals surface area contributed by atoms with Crippen molar-refractivity contribution >= 4 is 18.5 Å². The second-order valence-corrected chi connectivity index (χ2v) is 5.99. The Morgan fingerprint density at radius 2 is 2.36 bits per heavy atom. The summed E-state index contributed by atoms with van der Waals surface area (Å²) >= 11 is 0. The summed E-state index contributed by atoms with van der Waals surface area (Å²) in [7, 11) is 0. The number of aromatic nitrogens is 2. The van der Waals surface area contributed by atoms with Crippen LogP contribution >= 0.6 is 0 Å². The molecule has 4 atom stereocenters. The van der Waals surface area contributed by atoms with Crippen LogP contribution in [0.5, 0.6) is 0 Å². The molecule has 0 bridgehead atoms. The highest BCUT2D eigenvalue weighted by Crippen LogP contribution is 2.43. The SMILES string of the molecule is [C-]#[N+]c1nc([C@H]2O[B-]3(OC[C@@H]4CCCN43)O[C@H]2C)cnc1N. The maximum Gasteiger partial charge on any atom is 0.464 e. The van der Waals surface area contributed by atoms with Crippen LogP contribution in [0.15, 0.2) is 6.20 Å². The van der Waals surface area contributed by atoms with Gasteiger partial charge in [-0.15, -0.1) is 4.98 Å². The van der Waals surface area contributed by atoms with Crippen molar-refractivity contribution in [2.75, 3.05) is 18.9 Å². The Balaban J connectivity index is 1.63. The molecule has 3 fully saturated rings. The first-order valence-corrected chi connectivity index (χ1v) is 7.52. The lowest BCUT2D eigenvalue weighted by atomic mass is 9.95. The number of rotatable bonds is 1. The van der Waals surface area contributed by atoms with Crippen LogP contribution in [-0.4, -0.2) is 47.0 Å². The lowest BCUT2D eigenvalue weighted by molar-refractivity contribution is 0.123. The van der Waals surface area contributed by atoms with Gasteiger partial charge in [0.2, 0.25) is 0 Å². The smallest absolute Gasteiger partial charge is 0.464 e. The highest BCUT2D eigenvalue weighted by molar-refractivity contribution is 6.59. The minimum absolute atomic E-state index is 0.0909. The van der Waals surface area contributed by atoms with Gasteiger partial charge in [-0.2, -0.15) is 0 Å². The molecule has 3 aliphatic heterocycles. The van der Waals surface area contributed by atoms with Gasteiger partial charge in [0.05, 0.1) is 6.20 Å². The van der Waals surface area contributed by atoms with Crippen molar-refractivity contribution in [3.8, 4) is 0 Å². The molecular formula is C13H17BN5O3-.